The SMILES string of the molecule is Cn1ccnc1CN1CCOCC2(CCN(Cc3cccs3)C2)C1.O=C(O)C(F)(F)F.O=C(O)C(F)(F)F.O=C(O)C(F)(F)F. The molecule has 21 heteroatoms. The van der Waals surface area contributed by atoms with Crippen molar-refractivity contribution < 1.29 is 74.0 Å². The normalized spacial score (nSPS) is 19.2. The number of aromatic nitrogens is 2. The first-order valence-electron chi connectivity index (χ1n) is 12.5. The number of carbonyl (C=O) groups is 3. The molecule has 4 rings (SSSR count). The number of rotatable bonds is 4. The van der Waals surface area contributed by atoms with Crippen molar-refractivity contribution in [1.29, 1.82) is 0 Å². The Bertz CT molecular complexity index is 1160. The molecule has 45 heavy (non-hydrogen) atoms. The molecule has 4 heterocycles. The molecule has 2 aromatic rings. The highest BCUT2D eigenvalue weighted by Gasteiger charge is 2.42. The number of aryl methyl sites for hydroxylation is 1. The zero-order valence-electron chi connectivity index (χ0n) is 23.3. The molecule has 256 valence electrons. The molecular formula is C24H29F9N4O7S. The van der Waals surface area contributed by atoms with Crippen molar-refractivity contribution in [2.45, 2.75) is 38.0 Å². The van der Waals surface area contributed by atoms with E-state index in [1.165, 1.54) is 17.8 Å². The number of nitrogens with zero attached hydrogens (tertiary/aromatic N) is 4. The monoisotopic (exact) mass is 688 g/mol. The number of carboxylic acid groups (broad SMARTS) is 3. The summed E-state index contributed by atoms with van der Waals surface area (Å²) in [5, 5.41) is 23.5. The number of carboxylic acids is 3. The van der Waals surface area contributed by atoms with Crippen LogP contribution >= 0.6 is 11.3 Å². The molecule has 0 radical (unpaired) electrons. The Morgan fingerprint density at radius 2 is 1.38 bits per heavy atom. The molecule has 2 fully saturated rings. The fraction of sp³-hybridized carbons (Fsp3) is 0.583. The van der Waals surface area contributed by atoms with Crippen LogP contribution in [0.25, 0.3) is 0 Å². The van der Waals surface area contributed by atoms with Gasteiger partial charge in [0, 0.05) is 55.9 Å². The van der Waals surface area contributed by atoms with Crippen LogP contribution in [-0.2, 0) is 39.3 Å². The quantitative estimate of drug-likeness (QED) is 0.402. The maximum atomic E-state index is 10.6. The molecule has 0 amide bonds. The van der Waals surface area contributed by atoms with Crippen LogP contribution in [0.1, 0.15) is 17.1 Å². The summed E-state index contributed by atoms with van der Waals surface area (Å²) in [4.78, 5) is 37.8. The Kier molecular flexibility index (Phi) is 14.7. The lowest BCUT2D eigenvalue weighted by Crippen LogP contribution is -2.40. The summed E-state index contributed by atoms with van der Waals surface area (Å²) in [6.45, 7) is 8.15. The third kappa shape index (κ3) is 14.9. The molecule has 0 aliphatic carbocycles. The van der Waals surface area contributed by atoms with Crippen LogP contribution in [0.2, 0.25) is 0 Å². The number of thiophene rings is 1. The van der Waals surface area contributed by atoms with Crippen LogP contribution in [0.5, 0.6) is 0 Å². The fourth-order valence-electron chi connectivity index (χ4n) is 4.00. The number of hydrogen-bond acceptors (Lipinski definition) is 8. The topological polar surface area (TPSA) is 145 Å². The van der Waals surface area contributed by atoms with Gasteiger partial charge in [0.1, 0.15) is 5.82 Å². The van der Waals surface area contributed by atoms with E-state index in [9.17, 15) is 39.5 Å². The van der Waals surface area contributed by atoms with Crippen molar-refractivity contribution in [3.05, 3.63) is 40.6 Å². The first kappa shape index (κ1) is 39.6. The van der Waals surface area contributed by atoms with E-state index in [0.717, 1.165) is 51.8 Å². The summed E-state index contributed by atoms with van der Waals surface area (Å²) < 4.78 is 103. The number of halogens is 9. The maximum Gasteiger partial charge on any atom is 0.490 e. The van der Waals surface area contributed by atoms with Crippen molar-refractivity contribution in [3.63, 3.8) is 0 Å². The second-order valence-electron chi connectivity index (χ2n) is 9.67. The lowest BCUT2D eigenvalue weighted by Gasteiger charge is -2.31. The maximum absolute atomic E-state index is 10.6. The molecule has 0 bridgehead atoms. The number of hydrogen-bond donors (Lipinski definition) is 3. The zero-order chi connectivity index (χ0) is 34.6. The van der Waals surface area contributed by atoms with Gasteiger partial charge in [-0.1, -0.05) is 6.07 Å². The molecule has 3 N–H and O–H groups in total. The summed E-state index contributed by atoms with van der Waals surface area (Å²) in [7, 11) is 2.07. The molecule has 1 atom stereocenters. The van der Waals surface area contributed by atoms with Crippen molar-refractivity contribution >= 4 is 29.2 Å². The third-order valence-corrected chi connectivity index (χ3v) is 6.87. The van der Waals surface area contributed by atoms with Gasteiger partial charge in [0.05, 0.1) is 19.8 Å². The van der Waals surface area contributed by atoms with Crippen LogP contribution < -0.4 is 0 Å². The standard InChI is InChI=1S/C18H26N4OS.3C2HF3O2/c1-20-7-5-19-17(20)12-22-8-9-23-15-18(14-22)4-6-21(13-18)11-16-3-2-10-24-16;3*3-2(4,5)1(6)7/h2-3,5,7,10H,4,6,8-9,11-15H2,1H3;3*(H,6,7). The summed E-state index contributed by atoms with van der Waals surface area (Å²) in [6.07, 6.45) is -10.1. The third-order valence-electron chi connectivity index (χ3n) is 6.01. The predicted octanol–water partition coefficient (Wildman–Crippen LogP) is 4.11. The van der Waals surface area contributed by atoms with Gasteiger partial charge < -0.3 is 24.6 Å². The van der Waals surface area contributed by atoms with E-state index in [1.54, 1.807) is 0 Å². The molecule has 2 aliphatic rings. The number of likely N-dealkylation sites (tertiary alicyclic amines) is 1. The summed E-state index contributed by atoms with van der Waals surface area (Å²) >= 11 is 1.86. The molecule has 0 saturated carbocycles. The Morgan fingerprint density at radius 1 is 0.889 bits per heavy atom. The van der Waals surface area contributed by atoms with Crippen molar-refractivity contribution in [2.75, 3.05) is 39.4 Å². The van der Waals surface area contributed by atoms with Crippen molar-refractivity contribution in [1.82, 2.24) is 19.4 Å². The molecule has 11 nitrogen and oxygen atoms in total. The Balaban J connectivity index is 0.000000396. The highest BCUT2D eigenvalue weighted by Crippen LogP contribution is 2.35. The molecule has 0 aromatic carbocycles. The van der Waals surface area contributed by atoms with Crippen LogP contribution in [0, 0.1) is 5.41 Å². The van der Waals surface area contributed by atoms with Crippen LogP contribution in [-0.4, -0.2) is 111 Å². The van der Waals surface area contributed by atoms with Crippen molar-refractivity contribution in [2.24, 2.45) is 12.5 Å². The van der Waals surface area contributed by atoms with Crippen LogP contribution in [0.3, 0.4) is 0 Å². The zero-order valence-corrected chi connectivity index (χ0v) is 24.1. The predicted molar refractivity (Wildman–Crippen MR) is 137 cm³/mol. The Labute approximate surface area is 253 Å². The first-order valence-corrected chi connectivity index (χ1v) is 13.3. The van der Waals surface area contributed by atoms with Gasteiger partial charge in [0.25, 0.3) is 0 Å². The number of aliphatic carboxylic acids is 3. The highest BCUT2D eigenvalue weighted by molar-refractivity contribution is 7.09. The minimum Gasteiger partial charge on any atom is -0.475 e. The smallest absolute Gasteiger partial charge is 0.475 e. The van der Waals surface area contributed by atoms with Gasteiger partial charge in [-0.15, -0.1) is 11.3 Å². The lowest BCUT2D eigenvalue weighted by molar-refractivity contribution is -0.193. The Morgan fingerprint density at radius 3 is 1.78 bits per heavy atom. The van der Waals surface area contributed by atoms with E-state index in [4.69, 9.17) is 34.4 Å². The fourth-order valence-corrected chi connectivity index (χ4v) is 4.74. The van der Waals surface area contributed by atoms with Gasteiger partial charge in [-0.2, -0.15) is 39.5 Å². The van der Waals surface area contributed by atoms with E-state index in [0.29, 0.717) is 0 Å². The minimum atomic E-state index is -5.08. The number of alkyl halides is 9. The van der Waals surface area contributed by atoms with Crippen LogP contribution in [0.4, 0.5) is 39.5 Å². The summed E-state index contributed by atoms with van der Waals surface area (Å²) in [6, 6.07) is 4.39. The molecule has 2 aromatic heterocycles. The average molecular weight is 689 g/mol. The van der Waals surface area contributed by atoms with Gasteiger partial charge >= 0.3 is 36.4 Å². The van der Waals surface area contributed by atoms with Gasteiger partial charge in [-0.05, 0) is 24.4 Å². The molecular weight excluding hydrogens is 659 g/mol. The number of ether oxygens (including phenoxy) is 1. The van der Waals surface area contributed by atoms with E-state index in [2.05, 4.69) is 43.9 Å². The van der Waals surface area contributed by atoms with Gasteiger partial charge in [0.15, 0.2) is 0 Å². The molecule has 1 spiro atoms. The van der Waals surface area contributed by atoms with Crippen molar-refractivity contribution in [3.8, 4) is 0 Å². The van der Waals surface area contributed by atoms with Gasteiger partial charge in [-0.3, -0.25) is 9.80 Å². The highest BCUT2D eigenvalue weighted by atomic mass is 32.1. The molecule has 2 saturated heterocycles. The molecule has 2 aliphatic heterocycles. The largest absolute Gasteiger partial charge is 0.490 e. The minimum absolute atomic E-state index is 0.277. The van der Waals surface area contributed by atoms with E-state index in [1.807, 2.05) is 23.7 Å². The van der Waals surface area contributed by atoms with Gasteiger partial charge in [0.2, 0.25) is 0 Å². The summed E-state index contributed by atoms with van der Waals surface area (Å²) in [5.41, 5.74) is 0.277. The van der Waals surface area contributed by atoms with E-state index < -0.39 is 36.4 Å². The Hall–Kier alpha value is -3.43. The van der Waals surface area contributed by atoms with E-state index in [-0.39, 0.29) is 5.41 Å². The summed E-state index contributed by atoms with van der Waals surface area (Å²) in [5.74, 6) is -7.13. The molecule has 1 unspecified atom stereocenters. The van der Waals surface area contributed by atoms with Crippen LogP contribution in [0.15, 0.2) is 29.9 Å². The second kappa shape index (κ2) is 16.8. The second-order valence-corrected chi connectivity index (χ2v) is 10.7. The number of imidazole rings is 1. The van der Waals surface area contributed by atoms with E-state index >= 15 is 0 Å². The lowest BCUT2D eigenvalue weighted by atomic mass is 9.87. The first-order chi connectivity index (χ1) is 20.6. The average Bonchev–Trinajstić information content (AvgIpc) is 3.61. The van der Waals surface area contributed by atoms with Gasteiger partial charge in [-0.25, -0.2) is 19.4 Å².